The molecule has 2 aromatic heterocycles. The molecule has 3 rings (SSSR count). The van der Waals surface area contributed by atoms with Crippen molar-refractivity contribution in [1.82, 2.24) is 10.3 Å². The minimum atomic E-state index is 0.657. The first-order valence-corrected chi connectivity index (χ1v) is 8.29. The largest absolute Gasteiger partial charge is 0.317 e. The third kappa shape index (κ3) is 2.62. The maximum atomic E-state index is 4.80. The Labute approximate surface area is 117 Å². The van der Waals surface area contributed by atoms with Gasteiger partial charge in [0.1, 0.15) is 5.01 Å². The zero-order chi connectivity index (χ0) is 11.7. The van der Waals surface area contributed by atoms with Crippen LogP contribution in [0.2, 0.25) is 0 Å². The van der Waals surface area contributed by atoms with Gasteiger partial charge in [0.2, 0.25) is 0 Å². The van der Waals surface area contributed by atoms with Gasteiger partial charge in [0, 0.05) is 21.2 Å². The van der Waals surface area contributed by atoms with E-state index < -0.39 is 0 Å². The molecule has 0 saturated carbocycles. The van der Waals surface area contributed by atoms with E-state index in [2.05, 4.69) is 38.1 Å². The fourth-order valence-corrected chi connectivity index (χ4v) is 4.54. The fraction of sp³-hybridized carbons (Fsp3) is 0.417. The Kier molecular flexibility index (Phi) is 3.61. The number of halogens is 1. The number of thiophene rings is 1. The third-order valence-corrected chi connectivity index (χ3v) is 5.78. The molecule has 0 amide bonds. The van der Waals surface area contributed by atoms with E-state index in [1.807, 2.05) is 0 Å². The lowest BCUT2D eigenvalue weighted by Crippen LogP contribution is -2.26. The Morgan fingerprint density at radius 1 is 1.24 bits per heavy atom. The maximum Gasteiger partial charge on any atom is 0.133 e. The van der Waals surface area contributed by atoms with Gasteiger partial charge >= 0.3 is 0 Å². The van der Waals surface area contributed by atoms with Crippen molar-refractivity contribution in [3.8, 4) is 9.88 Å². The van der Waals surface area contributed by atoms with Crippen molar-refractivity contribution >= 4 is 38.6 Å². The number of rotatable bonds is 2. The molecule has 17 heavy (non-hydrogen) atoms. The summed E-state index contributed by atoms with van der Waals surface area (Å²) in [5.41, 5.74) is 1.29. The molecule has 2 aromatic rings. The molecule has 0 aromatic carbocycles. The summed E-state index contributed by atoms with van der Waals surface area (Å²) in [4.78, 5) is 6.06. The molecule has 0 spiro atoms. The van der Waals surface area contributed by atoms with E-state index in [1.165, 1.54) is 23.4 Å². The average molecular weight is 329 g/mol. The van der Waals surface area contributed by atoms with Gasteiger partial charge in [0.05, 0.1) is 10.6 Å². The van der Waals surface area contributed by atoms with Crippen molar-refractivity contribution in [3.63, 3.8) is 0 Å². The predicted octanol–water partition coefficient (Wildman–Crippen LogP) is 4.10. The van der Waals surface area contributed by atoms with Crippen LogP contribution < -0.4 is 5.32 Å². The molecule has 0 atom stereocenters. The highest BCUT2D eigenvalue weighted by molar-refractivity contribution is 9.10. The number of aromatic nitrogens is 1. The normalized spacial score (nSPS) is 17.5. The summed E-state index contributed by atoms with van der Waals surface area (Å²) < 4.78 is 1.15. The minimum Gasteiger partial charge on any atom is -0.317 e. The van der Waals surface area contributed by atoms with E-state index in [4.69, 9.17) is 4.98 Å². The van der Waals surface area contributed by atoms with E-state index in [1.54, 1.807) is 22.7 Å². The van der Waals surface area contributed by atoms with E-state index >= 15 is 0 Å². The Hall–Kier alpha value is -0.230. The number of hydrogen-bond donors (Lipinski definition) is 1. The van der Waals surface area contributed by atoms with Crippen molar-refractivity contribution in [2.75, 3.05) is 13.1 Å². The van der Waals surface area contributed by atoms with Gasteiger partial charge in [-0.05, 0) is 47.9 Å². The number of piperidine rings is 1. The molecule has 0 radical (unpaired) electrons. The summed E-state index contributed by atoms with van der Waals surface area (Å²) in [6.07, 6.45) is 2.44. The van der Waals surface area contributed by atoms with E-state index in [0.717, 1.165) is 22.6 Å². The highest BCUT2D eigenvalue weighted by atomic mass is 79.9. The lowest BCUT2D eigenvalue weighted by atomic mass is 9.95. The van der Waals surface area contributed by atoms with Crippen LogP contribution in [0.25, 0.3) is 9.88 Å². The van der Waals surface area contributed by atoms with Crippen molar-refractivity contribution in [2.24, 2.45) is 0 Å². The number of hydrogen-bond acceptors (Lipinski definition) is 4. The van der Waals surface area contributed by atoms with E-state index in [0.29, 0.717) is 5.92 Å². The average Bonchev–Trinajstić information content (AvgIpc) is 2.98. The van der Waals surface area contributed by atoms with Crippen LogP contribution in [-0.2, 0) is 0 Å². The number of thiazole rings is 1. The molecule has 1 aliphatic rings. The van der Waals surface area contributed by atoms with Gasteiger partial charge < -0.3 is 5.32 Å². The highest BCUT2D eigenvalue weighted by Gasteiger charge is 2.18. The first-order valence-electron chi connectivity index (χ1n) is 5.73. The van der Waals surface area contributed by atoms with Gasteiger partial charge in [-0.1, -0.05) is 0 Å². The first-order chi connectivity index (χ1) is 8.33. The van der Waals surface area contributed by atoms with Crippen molar-refractivity contribution in [1.29, 1.82) is 0 Å². The molecule has 5 heteroatoms. The SMILES string of the molecule is Brc1csc(-c2nc(C3CCNCC3)cs2)c1. The molecule has 0 aliphatic carbocycles. The lowest BCUT2D eigenvalue weighted by Gasteiger charge is -2.20. The predicted molar refractivity (Wildman–Crippen MR) is 78.0 cm³/mol. The van der Waals surface area contributed by atoms with Crippen molar-refractivity contribution in [3.05, 3.63) is 27.0 Å². The Bertz CT molecular complexity index is 500. The van der Waals surface area contributed by atoms with E-state index in [9.17, 15) is 0 Å². The molecular weight excluding hydrogens is 316 g/mol. The molecular formula is C12H13BrN2S2. The van der Waals surface area contributed by atoms with Crippen LogP contribution in [0.4, 0.5) is 0 Å². The van der Waals surface area contributed by atoms with Crippen molar-refractivity contribution < 1.29 is 0 Å². The van der Waals surface area contributed by atoms with Crippen LogP contribution in [0.5, 0.6) is 0 Å². The summed E-state index contributed by atoms with van der Waals surface area (Å²) in [5.74, 6) is 0.657. The van der Waals surface area contributed by atoms with E-state index in [-0.39, 0.29) is 0 Å². The quantitative estimate of drug-likeness (QED) is 0.897. The second-order valence-corrected chi connectivity index (χ2v) is 6.92. The Morgan fingerprint density at radius 2 is 2.06 bits per heavy atom. The number of nitrogens with one attached hydrogen (secondary N) is 1. The topological polar surface area (TPSA) is 24.9 Å². The molecule has 1 aliphatic heterocycles. The second kappa shape index (κ2) is 5.18. The zero-order valence-corrected chi connectivity index (χ0v) is 12.5. The van der Waals surface area contributed by atoms with Gasteiger partial charge in [0.25, 0.3) is 0 Å². The summed E-state index contributed by atoms with van der Waals surface area (Å²) in [6.45, 7) is 2.25. The second-order valence-electron chi connectivity index (χ2n) is 4.23. The van der Waals surface area contributed by atoms with Crippen LogP contribution >= 0.6 is 38.6 Å². The first kappa shape index (κ1) is 11.8. The minimum absolute atomic E-state index is 0.657. The van der Waals surface area contributed by atoms with Crippen LogP contribution in [0.15, 0.2) is 21.3 Å². The van der Waals surface area contributed by atoms with Gasteiger partial charge in [-0.3, -0.25) is 0 Å². The molecule has 1 fully saturated rings. The zero-order valence-electron chi connectivity index (χ0n) is 9.28. The van der Waals surface area contributed by atoms with Crippen molar-refractivity contribution in [2.45, 2.75) is 18.8 Å². The summed E-state index contributed by atoms with van der Waals surface area (Å²) in [6, 6.07) is 2.15. The number of nitrogens with zero attached hydrogens (tertiary/aromatic N) is 1. The molecule has 2 nitrogen and oxygen atoms in total. The third-order valence-electron chi connectivity index (χ3n) is 3.06. The molecule has 90 valence electrons. The van der Waals surface area contributed by atoms with Crippen LogP contribution in [0.3, 0.4) is 0 Å². The Morgan fingerprint density at radius 3 is 2.76 bits per heavy atom. The molecule has 1 N–H and O–H groups in total. The standard InChI is InChI=1S/C12H13BrN2S2/c13-9-5-11(16-6-9)12-15-10(7-17-12)8-1-3-14-4-2-8/h5-8,14H,1-4H2. The van der Waals surface area contributed by atoms with Gasteiger partial charge in [-0.25, -0.2) is 4.98 Å². The molecule has 3 heterocycles. The van der Waals surface area contributed by atoms with Gasteiger partial charge in [-0.15, -0.1) is 22.7 Å². The molecule has 0 unspecified atom stereocenters. The van der Waals surface area contributed by atoms with Crippen LogP contribution in [0, 0.1) is 0 Å². The molecule has 1 saturated heterocycles. The monoisotopic (exact) mass is 328 g/mol. The molecule has 0 bridgehead atoms. The summed E-state index contributed by atoms with van der Waals surface area (Å²) >= 11 is 7.01. The smallest absolute Gasteiger partial charge is 0.133 e. The fourth-order valence-electron chi connectivity index (χ4n) is 2.13. The summed E-state index contributed by atoms with van der Waals surface area (Å²) in [5, 5.41) is 8.91. The highest BCUT2D eigenvalue weighted by Crippen LogP contribution is 2.34. The lowest BCUT2D eigenvalue weighted by molar-refractivity contribution is 0.455. The van der Waals surface area contributed by atoms with Gasteiger partial charge in [0.15, 0.2) is 0 Å². The summed E-state index contributed by atoms with van der Waals surface area (Å²) in [7, 11) is 0. The maximum absolute atomic E-state index is 4.80. The van der Waals surface area contributed by atoms with Crippen LogP contribution in [0.1, 0.15) is 24.5 Å². The Balaban J connectivity index is 1.82. The van der Waals surface area contributed by atoms with Crippen LogP contribution in [-0.4, -0.2) is 18.1 Å². The van der Waals surface area contributed by atoms with Gasteiger partial charge in [-0.2, -0.15) is 0 Å².